The van der Waals surface area contributed by atoms with E-state index in [9.17, 15) is 24.3 Å². The third kappa shape index (κ3) is 13.3. The first-order chi connectivity index (χ1) is 24.5. The van der Waals surface area contributed by atoms with E-state index in [4.69, 9.17) is 19.9 Å². The van der Waals surface area contributed by atoms with Crippen LogP contribution in [0, 0.1) is 11.8 Å². The number of nitrogens with one attached hydrogen (secondary N) is 3. The highest BCUT2D eigenvalue weighted by molar-refractivity contribution is 6.25. The number of rotatable bonds is 13. The summed E-state index contributed by atoms with van der Waals surface area (Å²) in [5.41, 5.74) is 6.64. The largest absolute Gasteiger partial charge is 0.439 e. The maximum Gasteiger partial charge on any atom is 0.405 e. The van der Waals surface area contributed by atoms with Crippen LogP contribution in [0.25, 0.3) is 0 Å². The van der Waals surface area contributed by atoms with Crippen molar-refractivity contribution in [2.75, 3.05) is 68.6 Å². The van der Waals surface area contributed by atoms with Crippen LogP contribution in [-0.4, -0.2) is 131 Å². The number of carbonyl (C=O) groups excluding carboxylic acids is 4. The molecule has 292 valence electrons. The molecule has 0 aromatic heterocycles. The van der Waals surface area contributed by atoms with Gasteiger partial charge in [0.1, 0.15) is 17.5 Å². The summed E-state index contributed by atoms with van der Waals surface area (Å²) < 4.78 is 16.8. The van der Waals surface area contributed by atoms with Gasteiger partial charge >= 0.3 is 6.09 Å². The Kier molecular flexibility index (Phi) is 18.5. The molecule has 0 saturated heterocycles. The zero-order valence-electron chi connectivity index (χ0n) is 32.7. The lowest BCUT2D eigenvalue weighted by atomic mass is 9.84. The Morgan fingerprint density at radius 1 is 0.962 bits per heavy atom. The summed E-state index contributed by atoms with van der Waals surface area (Å²) >= 11 is 0. The molecule has 0 aromatic rings. The van der Waals surface area contributed by atoms with Crippen molar-refractivity contribution in [2.24, 2.45) is 17.6 Å². The summed E-state index contributed by atoms with van der Waals surface area (Å²) in [6.07, 6.45) is 4.10. The number of carbonyl (C=O) groups is 4. The highest BCUT2D eigenvalue weighted by Crippen LogP contribution is 2.30. The van der Waals surface area contributed by atoms with Crippen LogP contribution in [0.1, 0.15) is 53.4 Å². The fourth-order valence-corrected chi connectivity index (χ4v) is 6.24. The van der Waals surface area contributed by atoms with Crippen LogP contribution >= 0.6 is 0 Å². The second-order valence-corrected chi connectivity index (χ2v) is 14.3. The summed E-state index contributed by atoms with van der Waals surface area (Å²) in [6.45, 7) is 9.46. The Morgan fingerprint density at radius 3 is 2.10 bits per heavy atom. The van der Waals surface area contributed by atoms with Crippen molar-refractivity contribution in [3.63, 3.8) is 0 Å². The van der Waals surface area contributed by atoms with Gasteiger partial charge in [-0.3, -0.25) is 14.4 Å². The van der Waals surface area contributed by atoms with Gasteiger partial charge < -0.3 is 50.8 Å². The highest BCUT2D eigenvalue weighted by Gasteiger charge is 2.37. The molecule has 14 heteroatoms. The number of methoxy groups -OCH3 is 2. The normalized spacial score (nSPS) is 28.3. The lowest BCUT2D eigenvalue weighted by Crippen LogP contribution is -2.43. The molecule has 1 aliphatic carbocycles. The van der Waals surface area contributed by atoms with Gasteiger partial charge in [0.2, 0.25) is 11.6 Å². The average Bonchev–Trinajstić information content (AvgIpc) is 3.07. The quantitative estimate of drug-likeness (QED) is 0.106. The molecule has 0 unspecified atom stereocenters. The molecule has 6 atom stereocenters. The van der Waals surface area contributed by atoms with Gasteiger partial charge in [-0.25, -0.2) is 4.79 Å². The van der Waals surface area contributed by atoms with Crippen molar-refractivity contribution < 1.29 is 38.5 Å². The molecule has 2 rings (SSSR count). The number of hydrogen-bond acceptors (Lipinski definition) is 12. The Balaban J connectivity index is 2.73. The molecular weight excluding hydrogens is 668 g/mol. The summed E-state index contributed by atoms with van der Waals surface area (Å²) in [5, 5.41) is 20.6. The number of amides is 2. The van der Waals surface area contributed by atoms with Gasteiger partial charge in [0.05, 0.1) is 17.9 Å². The van der Waals surface area contributed by atoms with Crippen molar-refractivity contribution >= 4 is 23.6 Å². The molecule has 14 nitrogen and oxygen atoms in total. The first kappa shape index (κ1) is 44.3. The van der Waals surface area contributed by atoms with E-state index in [0.717, 1.165) is 19.5 Å². The Morgan fingerprint density at radius 2 is 1.56 bits per heavy atom. The van der Waals surface area contributed by atoms with Crippen molar-refractivity contribution in [3.8, 4) is 0 Å². The van der Waals surface area contributed by atoms with E-state index in [0.29, 0.717) is 31.5 Å². The number of hydrogen-bond donors (Lipinski definition) is 5. The van der Waals surface area contributed by atoms with Crippen LogP contribution < -0.4 is 21.7 Å². The summed E-state index contributed by atoms with van der Waals surface area (Å²) in [6, 6.07) is 0. The minimum absolute atomic E-state index is 0.0318. The lowest BCUT2D eigenvalue weighted by molar-refractivity contribution is -0.120. The molecule has 0 saturated carbocycles. The zero-order chi connectivity index (χ0) is 39.1. The standard InChI is InChI=1S/C38H62N6O8/c1-23-20-27-30(40-16-12-18-43(5)6)35(47)31(41-17-13-19-44(7)8)32(34(27)46)42-37(48)24(2)14-11-15-28(50-9)36(52-38(39)49)26(4)22-25(3)33(45)29(21-23)51-10/h11,14-15,22-23,25,28-29,33,36,40-41,45H,12-13,16-21H2,1-10H3,(H2,39,49)(H,42,48)/b15-11-,24-14+,26-22+/t23-,25+,28+,29+,33-,36+/m1/s1. The fraction of sp³-hybridized carbons (Fsp3) is 0.632. The molecule has 0 spiro atoms. The number of fused-ring (bicyclic) bond motifs is 2. The average molecular weight is 731 g/mol. The molecule has 2 amide bonds. The SMILES string of the molecule is CO[C@H]1/C=C\C=C(/C)C(=O)NC2=C(NCCCN(C)C)C(=O)C(NCCCN(C)C)=C(C[C@@H](C)C[C@H](OC)[C@H](O)[C@@H](C)/C=C(\C)[C@@H]1OC(N)=O)C2=O. The summed E-state index contributed by atoms with van der Waals surface area (Å²) in [5.74, 6) is -2.12. The van der Waals surface area contributed by atoms with E-state index in [1.165, 1.54) is 20.3 Å². The molecule has 1 heterocycles. The van der Waals surface area contributed by atoms with Gasteiger partial charge in [0.15, 0.2) is 6.10 Å². The minimum atomic E-state index is -1.000. The van der Waals surface area contributed by atoms with E-state index in [-0.39, 0.29) is 40.6 Å². The zero-order valence-corrected chi connectivity index (χ0v) is 32.7. The Bertz CT molecular complexity index is 1420. The van der Waals surface area contributed by atoms with Gasteiger partial charge in [-0.15, -0.1) is 0 Å². The number of aliphatic hydroxyl groups excluding tert-OH is 1. The van der Waals surface area contributed by atoms with Crippen molar-refractivity contribution in [2.45, 2.75) is 77.8 Å². The predicted octanol–water partition coefficient (Wildman–Crippen LogP) is 2.17. The number of Topliss-reactive ketones (excluding diaryl/α,β-unsaturated/α-hetero) is 2. The highest BCUT2D eigenvalue weighted by atomic mass is 16.6. The van der Waals surface area contributed by atoms with Crippen LogP contribution in [0.2, 0.25) is 0 Å². The van der Waals surface area contributed by atoms with Crippen LogP contribution in [-0.2, 0) is 28.6 Å². The van der Waals surface area contributed by atoms with Crippen molar-refractivity contribution in [1.29, 1.82) is 0 Å². The third-order valence-corrected chi connectivity index (χ3v) is 9.12. The molecule has 0 fully saturated rings. The maximum absolute atomic E-state index is 14.5. The van der Waals surface area contributed by atoms with Crippen LogP contribution in [0.3, 0.4) is 0 Å². The lowest BCUT2D eigenvalue weighted by Gasteiger charge is -2.30. The second kappa shape index (κ2) is 21.6. The molecule has 2 bridgehead atoms. The summed E-state index contributed by atoms with van der Waals surface area (Å²) in [4.78, 5) is 58.3. The minimum Gasteiger partial charge on any atom is -0.439 e. The van der Waals surface area contributed by atoms with Gasteiger partial charge in [0, 0.05) is 44.4 Å². The van der Waals surface area contributed by atoms with Gasteiger partial charge in [-0.05, 0) is 92.3 Å². The maximum atomic E-state index is 14.5. The monoisotopic (exact) mass is 730 g/mol. The number of aliphatic hydroxyl groups is 1. The van der Waals surface area contributed by atoms with Crippen LogP contribution in [0.4, 0.5) is 4.79 Å². The molecule has 1 aliphatic heterocycles. The molecule has 52 heavy (non-hydrogen) atoms. The van der Waals surface area contributed by atoms with Crippen molar-refractivity contribution in [1.82, 2.24) is 25.8 Å². The van der Waals surface area contributed by atoms with Crippen molar-refractivity contribution in [3.05, 3.63) is 58.1 Å². The van der Waals surface area contributed by atoms with Gasteiger partial charge in [-0.1, -0.05) is 38.2 Å². The molecule has 0 radical (unpaired) electrons. The Labute approximate surface area is 309 Å². The van der Waals surface area contributed by atoms with E-state index >= 15 is 0 Å². The van der Waals surface area contributed by atoms with E-state index in [2.05, 4.69) is 16.0 Å². The number of ether oxygens (including phenoxy) is 3. The van der Waals surface area contributed by atoms with Crippen LogP contribution in [0.5, 0.6) is 0 Å². The van der Waals surface area contributed by atoms with Crippen LogP contribution in [0.15, 0.2) is 58.1 Å². The molecular formula is C38H62N6O8. The summed E-state index contributed by atoms with van der Waals surface area (Å²) in [7, 11) is 10.8. The van der Waals surface area contributed by atoms with E-state index < -0.39 is 53.9 Å². The third-order valence-electron chi connectivity index (χ3n) is 9.12. The Hall–Kier alpha value is -3.82. The molecule has 2 aliphatic rings. The smallest absolute Gasteiger partial charge is 0.405 e. The number of allylic oxidation sites excluding steroid dienone is 3. The van der Waals surface area contributed by atoms with Gasteiger partial charge in [-0.2, -0.15) is 0 Å². The number of nitrogens with two attached hydrogens (primary N) is 1. The predicted molar refractivity (Wildman–Crippen MR) is 201 cm³/mol. The van der Waals surface area contributed by atoms with E-state index in [1.54, 1.807) is 32.1 Å². The second-order valence-electron chi connectivity index (χ2n) is 14.3. The first-order valence-corrected chi connectivity index (χ1v) is 17.9. The molecule has 0 aromatic carbocycles. The van der Waals surface area contributed by atoms with E-state index in [1.807, 2.05) is 51.8 Å². The topological polar surface area (TPSA) is 185 Å². The van der Waals surface area contributed by atoms with Gasteiger partial charge in [0.25, 0.3) is 5.91 Å². The fourth-order valence-electron chi connectivity index (χ4n) is 6.24. The molecule has 6 N–H and O–H groups in total. The number of nitrogens with zero attached hydrogens (tertiary/aromatic N) is 2. The number of primary amides is 1. The first-order valence-electron chi connectivity index (χ1n) is 17.9. The number of ketones is 2.